The lowest BCUT2D eigenvalue weighted by atomic mass is 10.0. The molecule has 1 aromatic carbocycles. The molecule has 1 nitrogen and oxygen atoms in total. The molecule has 1 rings (SSSR count). The van der Waals surface area contributed by atoms with Gasteiger partial charge in [-0.3, -0.25) is 0 Å². The summed E-state index contributed by atoms with van der Waals surface area (Å²) in [7, 11) is 1.89. The Labute approximate surface area is 89.5 Å². The number of alkyl halides is 2. The van der Waals surface area contributed by atoms with E-state index in [2.05, 4.69) is 5.32 Å². The number of hydrogen-bond donors (Lipinski definition) is 1. The van der Waals surface area contributed by atoms with Gasteiger partial charge >= 0.3 is 0 Å². The van der Waals surface area contributed by atoms with Crippen molar-refractivity contribution >= 4 is 0 Å². The van der Waals surface area contributed by atoms with Crippen LogP contribution in [-0.4, -0.2) is 20.0 Å². The second-order valence-electron chi connectivity index (χ2n) is 3.57. The number of benzene rings is 1. The quantitative estimate of drug-likeness (QED) is 0.716. The summed E-state index contributed by atoms with van der Waals surface area (Å²) in [5.74, 6) is 0. The average Bonchev–Trinajstić information content (AvgIpc) is 2.20. The number of nitrogens with one attached hydrogen (secondary N) is 1. The van der Waals surface area contributed by atoms with Gasteiger partial charge in [-0.15, -0.1) is 0 Å². The first-order valence-corrected chi connectivity index (χ1v) is 5.23. The molecule has 1 N–H and O–H groups in total. The summed E-state index contributed by atoms with van der Waals surface area (Å²) >= 11 is 0. The van der Waals surface area contributed by atoms with Crippen molar-refractivity contribution in [3.8, 4) is 0 Å². The summed E-state index contributed by atoms with van der Waals surface area (Å²) in [6.45, 7) is 0.920. The van der Waals surface area contributed by atoms with Crippen molar-refractivity contribution in [1.29, 1.82) is 0 Å². The Bertz CT molecular complexity index is 287. The van der Waals surface area contributed by atoms with Gasteiger partial charge in [0.25, 0.3) is 0 Å². The van der Waals surface area contributed by atoms with Crippen LogP contribution < -0.4 is 5.32 Å². The van der Waals surface area contributed by atoms with Gasteiger partial charge in [-0.25, -0.2) is 8.78 Å². The van der Waals surface area contributed by atoms with E-state index in [1.54, 1.807) is 6.07 Å². The molecule has 0 radical (unpaired) electrons. The molecule has 0 fully saturated rings. The maximum atomic E-state index is 12.3. The molecule has 0 aliphatic carbocycles. The molecular formula is C12H17F2N. The molecule has 0 heterocycles. The van der Waals surface area contributed by atoms with Crippen LogP contribution in [0.4, 0.5) is 8.78 Å². The molecule has 0 aliphatic rings. The van der Waals surface area contributed by atoms with Gasteiger partial charge in [-0.1, -0.05) is 24.3 Å². The molecular weight excluding hydrogens is 196 g/mol. The van der Waals surface area contributed by atoms with Crippen LogP contribution in [0.2, 0.25) is 0 Å². The van der Waals surface area contributed by atoms with Gasteiger partial charge < -0.3 is 5.32 Å². The van der Waals surface area contributed by atoms with Crippen LogP contribution in [0.1, 0.15) is 17.5 Å². The third-order valence-electron chi connectivity index (χ3n) is 2.37. The summed E-state index contributed by atoms with van der Waals surface area (Å²) in [5, 5.41) is 3.05. The summed E-state index contributed by atoms with van der Waals surface area (Å²) in [6, 6.07) is 7.46. The normalized spacial score (nSPS) is 10.9. The zero-order valence-corrected chi connectivity index (χ0v) is 8.97. The minimum Gasteiger partial charge on any atom is -0.320 e. The van der Waals surface area contributed by atoms with E-state index in [0.29, 0.717) is 0 Å². The van der Waals surface area contributed by atoms with E-state index in [1.165, 1.54) is 0 Å². The van der Waals surface area contributed by atoms with Crippen LogP contribution in [0.5, 0.6) is 0 Å². The smallest absolute Gasteiger partial charge is 0.242 e. The lowest BCUT2D eigenvalue weighted by Gasteiger charge is -2.08. The van der Waals surface area contributed by atoms with E-state index >= 15 is 0 Å². The van der Waals surface area contributed by atoms with E-state index in [9.17, 15) is 8.78 Å². The fourth-order valence-electron chi connectivity index (χ4n) is 1.62. The van der Waals surface area contributed by atoms with E-state index in [-0.39, 0.29) is 6.42 Å². The van der Waals surface area contributed by atoms with Crippen LogP contribution >= 0.6 is 0 Å². The highest BCUT2D eigenvalue weighted by atomic mass is 19.3. The predicted octanol–water partition coefficient (Wildman–Crippen LogP) is 2.65. The first-order chi connectivity index (χ1) is 7.24. The van der Waals surface area contributed by atoms with Crippen molar-refractivity contribution in [2.45, 2.75) is 25.7 Å². The highest BCUT2D eigenvalue weighted by Gasteiger charge is 2.08. The number of hydrogen-bond acceptors (Lipinski definition) is 1. The second-order valence-corrected chi connectivity index (χ2v) is 3.57. The lowest BCUT2D eigenvalue weighted by molar-refractivity contribution is 0.149. The van der Waals surface area contributed by atoms with Gasteiger partial charge in [0.2, 0.25) is 6.43 Å². The number of halogens is 2. The number of rotatable bonds is 6. The molecule has 1 aromatic rings. The van der Waals surface area contributed by atoms with Crippen molar-refractivity contribution in [2.24, 2.45) is 0 Å². The van der Waals surface area contributed by atoms with Crippen LogP contribution in [0, 0.1) is 0 Å². The molecule has 0 unspecified atom stereocenters. The van der Waals surface area contributed by atoms with E-state index in [0.717, 1.165) is 30.5 Å². The first kappa shape index (κ1) is 12.1. The summed E-state index contributed by atoms with van der Waals surface area (Å²) in [5.41, 5.74) is 1.83. The number of aryl methyl sites for hydroxylation is 1. The Morgan fingerprint density at radius 3 is 2.47 bits per heavy atom. The maximum Gasteiger partial charge on any atom is 0.242 e. The Kier molecular flexibility index (Phi) is 5.26. The van der Waals surface area contributed by atoms with Gasteiger partial charge in [0.05, 0.1) is 0 Å². The van der Waals surface area contributed by atoms with Gasteiger partial charge in [0.1, 0.15) is 0 Å². The van der Waals surface area contributed by atoms with Gasteiger partial charge in [-0.05, 0) is 37.6 Å². The largest absolute Gasteiger partial charge is 0.320 e. The molecule has 3 heteroatoms. The molecule has 0 amide bonds. The van der Waals surface area contributed by atoms with Crippen LogP contribution in [0.25, 0.3) is 0 Å². The van der Waals surface area contributed by atoms with Gasteiger partial charge in [0.15, 0.2) is 0 Å². The van der Waals surface area contributed by atoms with Crippen LogP contribution in [0.3, 0.4) is 0 Å². The van der Waals surface area contributed by atoms with Crippen molar-refractivity contribution in [1.82, 2.24) is 5.32 Å². The fourth-order valence-corrected chi connectivity index (χ4v) is 1.62. The minimum atomic E-state index is -2.25. The standard InChI is InChI=1S/C12H17F2N/c1-15-8-4-7-10-5-2-3-6-11(10)9-12(13)14/h2-3,5-6,12,15H,4,7-9H2,1H3. The van der Waals surface area contributed by atoms with Crippen molar-refractivity contribution in [2.75, 3.05) is 13.6 Å². The molecule has 84 valence electrons. The second kappa shape index (κ2) is 6.51. The Morgan fingerprint density at radius 2 is 1.87 bits per heavy atom. The minimum absolute atomic E-state index is 0.129. The van der Waals surface area contributed by atoms with E-state index in [1.807, 2.05) is 25.2 Å². The Balaban J connectivity index is 2.60. The zero-order valence-electron chi connectivity index (χ0n) is 8.97. The average molecular weight is 213 g/mol. The highest BCUT2D eigenvalue weighted by molar-refractivity contribution is 5.27. The first-order valence-electron chi connectivity index (χ1n) is 5.23. The van der Waals surface area contributed by atoms with Gasteiger partial charge in [-0.2, -0.15) is 0 Å². The van der Waals surface area contributed by atoms with Crippen molar-refractivity contribution in [3.63, 3.8) is 0 Å². The molecule has 0 aliphatic heterocycles. The Hall–Kier alpha value is -0.960. The van der Waals surface area contributed by atoms with Crippen molar-refractivity contribution < 1.29 is 8.78 Å². The van der Waals surface area contributed by atoms with E-state index in [4.69, 9.17) is 0 Å². The molecule has 0 spiro atoms. The van der Waals surface area contributed by atoms with Crippen molar-refractivity contribution in [3.05, 3.63) is 35.4 Å². The highest BCUT2D eigenvalue weighted by Crippen LogP contribution is 2.14. The van der Waals surface area contributed by atoms with E-state index < -0.39 is 6.43 Å². The topological polar surface area (TPSA) is 12.0 Å². The summed E-state index contributed by atoms with van der Waals surface area (Å²) in [6.07, 6.45) is -0.536. The fraction of sp³-hybridized carbons (Fsp3) is 0.500. The Morgan fingerprint density at radius 1 is 1.20 bits per heavy atom. The third kappa shape index (κ3) is 4.38. The molecule has 0 atom stereocenters. The predicted molar refractivity (Wildman–Crippen MR) is 58.4 cm³/mol. The molecule has 0 saturated carbocycles. The molecule has 0 saturated heterocycles. The molecule has 15 heavy (non-hydrogen) atoms. The maximum absolute atomic E-state index is 12.3. The van der Waals surface area contributed by atoms with Gasteiger partial charge in [0, 0.05) is 6.42 Å². The lowest BCUT2D eigenvalue weighted by Crippen LogP contribution is -2.09. The molecule has 0 aromatic heterocycles. The third-order valence-corrected chi connectivity index (χ3v) is 2.37. The van der Waals surface area contributed by atoms with Crippen LogP contribution in [-0.2, 0) is 12.8 Å². The monoisotopic (exact) mass is 213 g/mol. The molecule has 0 bridgehead atoms. The summed E-state index contributed by atoms with van der Waals surface area (Å²) < 4.78 is 24.6. The van der Waals surface area contributed by atoms with Crippen LogP contribution in [0.15, 0.2) is 24.3 Å². The summed E-state index contributed by atoms with van der Waals surface area (Å²) in [4.78, 5) is 0. The zero-order chi connectivity index (χ0) is 11.1. The SMILES string of the molecule is CNCCCc1ccccc1CC(F)F.